The Labute approximate surface area is 150 Å². The predicted molar refractivity (Wildman–Crippen MR) is 100 cm³/mol. The topological polar surface area (TPSA) is 34.4 Å². The van der Waals surface area contributed by atoms with Gasteiger partial charge in [0.15, 0.2) is 4.80 Å². The molecule has 0 atom stereocenters. The van der Waals surface area contributed by atoms with Gasteiger partial charge in [0.05, 0.1) is 10.2 Å². The number of benzene rings is 2. The number of hydrogen-bond acceptors (Lipinski definition) is 2. The summed E-state index contributed by atoms with van der Waals surface area (Å²) in [6.45, 7) is 8.86. The number of amides is 1. The van der Waals surface area contributed by atoms with Crippen LogP contribution in [0, 0.1) is 5.82 Å². The average molecular weight is 356 g/mol. The van der Waals surface area contributed by atoms with Crippen molar-refractivity contribution in [1.82, 2.24) is 4.57 Å². The summed E-state index contributed by atoms with van der Waals surface area (Å²) < 4.78 is 16.7. The van der Waals surface area contributed by atoms with Crippen molar-refractivity contribution >= 4 is 27.5 Å². The third kappa shape index (κ3) is 3.42. The molecule has 0 fully saturated rings. The highest BCUT2D eigenvalue weighted by Crippen LogP contribution is 2.23. The van der Waals surface area contributed by atoms with Gasteiger partial charge in [-0.05, 0) is 42.2 Å². The molecule has 0 saturated carbocycles. The lowest BCUT2D eigenvalue weighted by atomic mass is 9.87. The Kier molecular flexibility index (Phi) is 4.60. The van der Waals surface area contributed by atoms with Crippen LogP contribution < -0.4 is 4.80 Å². The molecule has 0 aliphatic rings. The minimum atomic E-state index is -0.311. The number of aromatic nitrogens is 1. The van der Waals surface area contributed by atoms with Crippen molar-refractivity contribution in [3.05, 3.63) is 64.2 Å². The highest BCUT2D eigenvalue weighted by Gasteiger charge is 2.15. The van der Waals surface area contributed by atoms with Crippen molar-refractivity contribution in [2.45, 2.75) is 39.7 Å². The molecule has 0 saturated heterocycles. The number of carbonyl (C=O) groups excluding carboxylic acids is 1. The van der Waals surface area contributed by atoms with Gasteiger partial charge in [-0.25, -0.2) is 4.39 Å². The lowest BCUT2D eigenvalue weighted by molar-refractivity contribution is 0.0998. The zero-order valence-electron chi connectivity index (χ0n) is 14.8. The van der Waals surface area contributed by atoms with Gasteiger partial charge < -0.3 is 4.57 Å². The fourth-order valence-corrected chi connectivity index (χ4v) is 3.84. The predicted octanol–water partition coefficient (Wildman–Crippen LogP) is 4.90. The Morgan fingerprint density at radius 2 is 1.84 bits per heavy atom. The van der Waals surface area contributed by atoms with Gasteiger partial charge in [-0.1, -0.05) is 50.3 Å². The Morgan fingerprint density at radius 1 is 1.16 bits per heavy atom. The van der Waals surface area contributed by atoms with Crippen molar-refractivity contribution in [2.75, 3.05) is 0 Å². The Morgan fingerprint density at radius 3 is 2.44 bits per heavy atom. The molecule has 0 unspecified atom stereocenters. The van der Waals surface area contributed by atoms with Gasteiger partial charge in [-0.2, -0.15) is 4.99 Å². The quantitative estimate of drug-likeness (QED) is 0.643. The molecule has 130 valence electrons. The van der Waals surface area contributed by atoms with E-state index in [9.17, 15) is 9.18 Å². The van der Waals surface area contributed by atoms with E-state index in [1.807, 2.05) is 25.1 Å². The zero-order valence-corrected chi connectivity index (χ0v) is 15.7. The first-order valence-electron chi connectivity index (χ1n) is 8.28. The number of thiazole rings is 1. The standard InChI is InChI=1S/C20H21FN2OS/c1-5-23-17-15(21)7-6-8-16(17)25-19(23)22-18(24)13-9-11-14(12-10-13)20(2,3)4/h6-12H,5H2,1-4H3. The molecule has 3 rings (SSSR count). The molecule has 3 aromatic rings. The van der Waals surface area contributed by atoms with E-state index in [1.54, 1.807) is 22.8 Å². The van der Waals surface area contributed by atoms with Gasteiger partial charge in [0, 0.05) is 12.1 Å². The number of aryl methyl sites for hydroxylation is 1. The van der Waals surface area contributed by atoms with E-state index < -0.39 is 0 Å². The summed E-state index contributed by atoms with van der Waals surface area (Å²) in [6.07, 6.45) is 0. The normalized spacial score (nSPS) is 12.8. The Balaban J connectivity index is 2.05. The summed E-state index contributed by atoms with van der Waals surface area (Å²) in [5, 5.41) is 0. The summed E-state index contributed by atoms with van der Waals surface area (Å²) in [5.74, 6) is -0.603. The molecule has 2 aromatic carbocycles. The SMILES string of the molecule is CCn1c(=NC(=O)c2ccc(C(C)(C)C)cc2)sc2cccc(F)c21. The molecule has 1 heterocycles. The fraction of sp³-hybridized carbons (Fsp3) is 0.300. The van der Waals surface area contributed by atoms with E-state index >= 15 is 0 Å². The molecular formula is C20H21FN2OS. The lowest BCUT2D eigenvalue weighted by Crippen LogP contribution is -2.16. The molecule has 0 aliphatic heterocycles. The number of hydrogen-bond donors (Lipinski definition) is 0. The number of nitrogens with zero attached hydrogens (tertiary/aromatic N) is 2. The minimum absolute atomic E-state index is 0.0347. The second kappa shape index (κ2) is 6.56. The maximum absolute atomic E-state index is 14.1. The van der Waals surface area contributed by atoms with E-state index in [1.165, 1.54) is 17.4 Å². The van der Waals surface area contributed by atoms with Gasteiger partial charge in [0.2, 0.25) is 0 Å². The summed E-state index contributed by atoms with van der Waals surface area (Å²) in [7, 11) is 0. The van der Waals surface area contributed by atoms with E-state index in [0.717, 1.165) is 10.3 Å². The maximum Gasteiger partial charge on any atom is 0.279 e. The van der Waals surface area contributed by atoms with Crippen LogP contribution in [0.25, 0.3) is 10.2 Å². The molecule has 0 bridgehead atoms. The van der Waals surface area contributed by atoms with Crippen LogP contribution in [0.4, 0.5) is 4.39 Å². The van der Waals surface area contributed by atoms with Crippen molar-refractivity contribution in [1.29, 1.82) is 0 Å². The first-order chi connectivity index (χ1) is 11.8. The average Bonchev–Trinajstić information content (AvgIpc) is 2.92. The van der Waals surface area contributed by atoms with Gasteiger partial charge in [-0.3, -0.25) is 4.79 Å². The molecule has 0 N–H and O–H groups in total. The van der Waals surface area contributed by atoms with Crippen LogP contribution >= 0.6 is 11.3 Å². The highest BCUT2D eigenvalue weighted by atomic mass is 32.1. The molecule has 3 nitrogen and oxygen atoms in total. The van der Waals surface area contributed by atoms with Crippen molar-refractivity contribution in [3.63, 3.8) is 0 Å². The first-order valence-corrected chi connectivity index (χ1v) is 9.10. The molecule has 1 aromatic heterocycles. The summed E-state index contributed by atoms with van der Waals surface area (Å²) in [6, 6.07) is 12.5. The summed E-state index contributed by atoms with van der Waals surface area (Å²) in [4.78, 5) is 17.3. The van der Waals surface area contributed by atoms with E-state index in [0.29, 0.717) is 22.4 Å². The number of para-hydroxylation sites is 1. The lowest BCUT2D eigenvalue weighted by Gasteiger charge is -2.18. The Hall–Kier alpha value is -2.27. The molecule has 1 amide bonds. The van der Waals surface area contributed by atoms with E-state index in [2.05, 4.69) is 25.8 Å². The molecule has 25 heavy (non-hydrogen) atoms. The maximum atomic E-state index is 14.1. The zero-order chi connectivity index (χ0) is 18.2. The van der Waals surface area contributed by atoms with Gasteiger partial charge in [-0.15, -0.1) is 0 Å². The van der Waals surface area contributed by atoms with Crippen LogP contribution in [0.5, 0.6) is 0 Å². The first kappa shape index (κ1) is 17.5. The van der Waals surface area contributed by atoms with Gasteiger partial charge >= 0.3 is 0 Å². The van der Waals surface area contributed by atoms with Gasteiger partial charge in [0.1, 0.15) is 5.82 Å². The molecule has 0 aliphatic carbocycles. The van der Waals surface area contributed by atoms with Crippen molar-refractivity contribution < 1.29 is 9.18 Å². The minimum Gasteiger partial charge on any atom is -0.314 e. The van der Waals surface area contributed by atoms with E-state index in [4.69, 9.17) is 0 Å². The fourth-order valence-electron chi connectivity index (χ4n) is 2.73. The van der Waals surface area contributed by atoms with Crippen LogP contribution in [-0.4, -0.2) is 10.5 Å². The largest absolute Gasteiger partial charge is 0.314 e. The molecule has 5 heteroatoms. The van der Waals surface area contributed by atoms with E-state index in [-0.39, 0.29) is 17.1 Å². The van der Waals surface area contributed by atoms with Crippen molar-refractivity contribution in [3.8, 4) is 0 Å². The van der Waals surface area contributed by atoms with Crippen LogP contribution in [0.3, 0.4) is 0 Å². The number of carbonyl (C=O) groups is 1. The number of fused-ring (bicyclic) bond motifs is 1. The van der Waals surface area contributed by atoms with Crippen molar-refractivity contribution in [2.24, 2.45) is 4.99 Å². The third-order valence-electron chi connectivity index (χ3n) is 4.16. The van der Waals surface area contributed by atoms with Crippen LogP contribution in [-0.2, 0) is 12.0 Å². The van der Waals surface area contributed by atoms with Crippen LogP contribution in [0.15, 0.2) is 47.5 Å². The Bertz CT molecular complexity index is 991. The highest BCUT2D eigenvalue weighted by molar-refractivity contribution is 7.16. The van der Waals surface area contributed by atoms with Gasteiger partial charge in [0.25, 0.3) is 5.91 Å². The molecular weight excluding hydrogens is 335 g/mol. The summed E-state index contributed by atoms with van der Waals surface area (Å²) >= 11 is 1.33. The molecule has 0 radical (unpaired) electrons. The second-order valence-electron chi connectivity index (χ2n) is 6.96. The van der Waals surface area contributed by atoms with Crippen LogP contribution in [0.1, 0.15) is 43.6 Å². The summed E-state index contributed by atoms with van der Waals surface area (Å²) in [5.41, 5.74) is 2.24. The smallest absolute Gasteiger partial charge is 0.279 e. The number of rotatable bonds is 2. The number of halogens is 1. The monoisotopic (exact) mass is 356 g/mol. The molecule has 0 spiro atoms. The van der Waals surface area contributed by atoms with Crippen LogP contribution in [0.2, 0.25) is 0 Å². The second-order valence-corrected chi connectivity index (χ2v) is 7.97. The third-order valence-corrected chi connectivity index (χ3v) is 5.21.